The number of benzene rings is 2. The van der Waals surface area contributed by atoms with E-state index in [1.807, 2.05) is 6.07 Å². The molecule has 8 heteroatoms. The summed E-state index contributed by atoms with van der Waals surface area (Å²) in [5.41, 5.74) is 1.59. The van der Waals surface area contributed by atoms with Crippen LogP contribution in [0.2, 0.25) is 0 Å². The Hall–Kier alpha value is -3.42. The van der Waals surface area contributed by atoms with Gasteiger partial charge in [0.25, 0.3) is 0 Å². The summed E-state index contributed by atoms with van der Waals surface area (Å²) < 4.78 is 39.5. The fraction of sp³-hybridized carbons (Fsp3) is 0.200. The van der Waals surface area contributed by atoms with Crippen LogP contribution < -0.4 is 14.8 Å². The molecular formula is C20H17F2N3O3. The number of nitrogens with one attached hydrogen (secondary N) is 1. The van der Waals surface area contributed by atoms with Gasteiger partial charge < -0.3 is 14.8 Å². The van der Waals surface area contributed by atoms with Gasteiger partial charge in [-0.25, -0.2) is 13.8 Å². The lowest BCUT2D eigenvalue weighted by Gasteiger charge is -2.25. The molecular weight excluding hydrogens is 368 g/mol. The second-order valence-corrected chi connectivity index (χ2v) is 6.39. The van der Waals surface area contributed by atoms with Gasteiger partial charge in [-0.2, -0.15) is 0 Å². The van der Waals surface area contributed by atoms with Crippen LogP contribution >= 0.6 is 0 Å². The smallest absolute Gasteiger partial charge is 0.226 e. The standard InChI is InChI=1S/C20H17F2N3O3/c1-27-14-3-4-15(17(8-14)28-2)16-9-18(26)24-20-19(16)23-10-25(20)13-6-11(21)5-12(22)7-13/h3-8,10,16H,9H2,1-2H3,(H,24,26). The summed E-state index contributed by atoms with van der Waals surface area (Å²) in [6.45, 7) is 0. The van der Waals surface area contributed by atoms with Gasteiger partial charge in [0.05, 0.1) is 25.6 Å². The Balaban J connectivity index is 1.83. The molecule has 1 aromatic heterocycles. The van der Waals surface area contributed by atoms with Gasteiger partial charge in [-0.15, -0.1) is 0 Å². The van der Waals surface area contributed by atoms with Gasteiger partial charge in [0.1, 0.15) is 35.3 Å². The summed E-state index contributed by atoms with van der Waals surface area (Å²) in [6, 6.07) is 8.48. The largest absolute Gasteiger partial charge is 0.497 e. The third-order valence-corrected chi connectivity index (χ3v) is 4.71. The van der Waals surface area contributed by atoms with Crippen LogP contribution in [0, 0.1) is 11.6 Å². The SMILES string of the molecule is COc1ccc(C2CC(=O)Nc3c2ncn3-c2cc(F)cc(F)c2)c(OC)c1. The van der Waals surface area contributed by atoms with Crippen molar-refractivity contribution < 1.29 is 23.0 Å². The number of carbonyl (C=O) groups is 1. The molecule has 28 heavy (non-hydrogen) atoms. The fourth-order valence-corrected chi connectivity index (χ4v) is 3.44. The van der Waals surface area contributed by atoms with Crippen LogP contribution in [-0.4, -0.2) is 29.7 Å². The highest BCUT2D eigenvalue weighted by Crippen LogP contribution is 2.41. The molecule has 1 atom stereocenters. The van der Waals surface area contributed by atoms with Crippen LogP contribution in [0.5, 0.6) is 11.5 Å². The number of ether oxygens (including phenoxy) is 2. The molecule has 0 saturated carbocycles. The Morgan fingerprint density at radius 2 is 1.86 bits per heavy atom. The highest BCUT2D eigenvalue weighted by molar-refractivity contribution is 5.94. The Bertz CT molecular complexity index is 1040. The molecule has 0 bridgehead atoms. The van der Waals surface area contributed by atoms with Crippen molar-refractivity contribution in [3.05, 3.63) is 65.6 Å². The minimum absolute atomic E-state index is 0.171. The highest BCUT2D eigenvalue weighted by atomic mass is 19.1. The minimum atomic E-state index is -0.715. The third kappa shape index (κ3) is 3.06. The van der Waals surface area contributed by atoms with Gasteiger partial charge in [-0.3, -0.25) is 9.36 Å². The zero-order valence-corrected chi connectivity index (χ0v) is 15.2. The second kappa shape index (κ2) is 6.95. The molecule has 1 unspecified atom stereocenters. The lowest BCUT2D eigenvalue weighted by molar-refractivity contribution is -0.116. The molecule has 6 nitrogen and oxygen atoms in total. The highest BCUT2D eigenvalue weighted by Gasteiger charge is 2.33. The van der Waals surface area contributed by atoms with E-state index >= 15 is 0 Å². The molecule has 2 heterocycles. The minimum Gasteiger partial charge on any atom is -0.497 e. The zero-order chi connectivity index (χ0) is 19.8. The summed E-state index contributed by atoms with van der Waals surface area (Å²) in [6.07, 6.45) is 1.61. The van der Waals surface area contributed by atoms with E-state index < -0.39 is 11.6 Å². The zero-order valence-electron chi connectivity index (χ0n) is 15.2. The Morgan fingerprint density at radius 3 is 2.54 bits per heavy atom. The molecule has 3 aromatic rings. The van der Waals surface area contributed by atoms with Crippen molar-refractivity contribution in [2.75, 3.05) is 19.5 Å². The quantitative estimate of drug-likeness (QED) is 0.745. The van der Waals surface area contributed by atoms with Crippen LogP contribution in [0.25, 0.3) is 5.69 Å². The number of amides is 1. The van der Waals surface area contributed by atoms with Crippen LogP contribution in [0.4, 0.5) is 14.6 Å². The number of halogens is 2. The van der Waals surface area contributed by atoms with Crippen LogP contribution in [0.3, 0.4) is 0 Å². The maximum atomic E-state index is 13.7. The van der Waals surface area contributed by atoms with Crippen molar-refractivity contribution >= 4 is 11.7 Å². The third-order valence-electron chi connectivity index (χ3n) is 4.71. The normalized spacial score (nSPS) is 15.7. The molecule has 4 rings (SSSR count). The predicted molar refractivity (Wildman–Crippen MR) is 98.1 cm³/mol. The molecule has 0 radical (unpaired) electrons. The van der Waals surface area contributed by atoms with E-state index in [0.29, 0.717) is 23.0 Å². The van der Waals surface area contributed by atoms with Gasteiger partial charge in [-0.1, -0.05) is 6.07 Å². The average molecular weight is 385 g/mol. The first-order valence-corrected chi connectivity index (χ1v) is 8.55. The average Bonchev–Trinajstić information content (AvgIpc) is 3.09. The van der Waals surface area contributed by atoms with Crippen molar-refractivity contribution in [2.24, 2.45) is 0 Å². The van der Waals surface area contributed by atoms with Crippen molar-refractivity contribution in [2.45, 2.75) is 12.3 Å². The fourth-order valence-electron chi connectivity index (χ4n) is 3.44. The molecule has 2 aromatic carbocycles. The van der Waals surface area contributed by atoms with Gasteiger partial charge in [0, 0.05) is 30.0 Å². The number of fused-ring (bicyclic) bond motifs is 1. The number of hydrogen-bond donors (Lipinski definition) is 1. The lowest BCUT2D eigenvalue weighted by Crippen LogP contribution is -2.25. The van der Waals surface area contributed by atoms with Gasteiger partial charge in [0.15, 0.2) is 0 Å². The summed E-state index contributed by atoms with van der Waals surface area (Å²) >= 11 is 0. The number of carbonyl (C=O) groups excluding carboxylic acids is 1. The van der Waals surface area contributed by atoms with E-state index in [2.05, 4.69) is 10.3 Å². The first-order valence-electron chi connectivity index (χ1n) is 8.55. The van der Waals surface area contributed by atoms with Crippen molar-refractivity contribution in [3.8, 4) is 17.2 Å². The summed E-state index contributed by atoms with van der Waals surface area (Å²) in [4.78, 5) is 16.8. The molecule has 0 spiro atoms. The molecule has 1 amide bonds. The Morgan fingerprint density at radius 1 is 1.11 bits per heavy atom. The van der Waals surface area contributed by atoms with E-state index in [4.69, 9.17) is 9.47 Å². The topological polar surface area (TPSA) is 65.4 Å². The van der Waals surface area contributed by atoms with Crippen molar-refractivity contribution in [1.29, 1.82) is 0 Å². The number of imidazole rings is 1. The first-order chi connectivity index (χ1) is 13.5. The van der Waals surface area contributed by atoms with E-state index in [9.17, 15) is 13.6 Å². The molecule has 1 N–H and O–H groups in total. The maximum absolute atomic E-state index is 13.7. The van der Waals surface area contributed by atoms with E-state index in [-0.39, 0.29) is 23.9 Å². The molecule has 0 saturated heterocycles. The summed E-state index contributed by atoms with van der Waals surface area (Å²) in [5, 5.41) is 2.76. The van der Waals surface area contributed by atoms with E-state index in [1.54, 1.807) is 19.2 Å². The number of aromatic nitrogens is 2. The molecule has 1 aliphatic heterocycles. The first kappa shape index (κ1) is 18.0. The Kier molecular flexibility index (Phi) is 4.46. The number of nitrogens with zero attached hydrogens (tertiary/aromatic N) is 2. The Labute approximate surface area is 159 Å². The van der Waals surface area contributed by atoms with Crippen LogP contribution in [0.1, 0.15) is 23.6 Å². The monoisotopic (exact) mass is 385 g/mol. The number of hydrogen-bond acceptors (Lipinski definition) is 4. The molecule has 144 valence electrons. The van der Waals surface area contributed by atoms with Crippen molar-refractivity contribution in [3.63, 3.8) is 0 Å². The maximum Gasteiger partial charge on any atom is 0.226 e. The molecule has 1 aliphatic rings. The predicted octanol–water partition coefficient (Wildman–Crippen LogP) is 3.64. The van der Waals surface area contributed by atoms with Gasteiger partial charge in [-0.05, 0) is 18.2 Å². The van der Waals surface area contributed by atoms with Gasteiger partial charge in [0.2, 0.25) is 5.91 Å². The summed E-state index contributed by atoms with van der Waals surface area (Å²) in [7, 11) is 3.09. The summed E-state index contributed by atoms with van der Waals surface area (Å²) in [5.74, 6) is -0.457. The number of anilines is 1. The molecule has 0 aliphatic carbocycles. The van der Waals surface area contributed by atoms with Crippen LogP contribution in [0.15, 0.2) is 42.7 Å². The van der Waals surface area contributed by atoms with Crippen molar-refractivity contribution in [1.82, 2.24) is 9.55 Å². The van der Waals surface area contributed by atoms with E-state index in [1.165, 1.54) is 30.1 Å². The lowest BCUT2D eigenvalue weighted by atomic mass is 9.89. The number of methoxy groups -OCH3 is 2. The van der Waals surface area contributed by atoms with E-state index in [0.717, 1.165) is 11.6 Å². The van der Waals surface area contributed by atoms with Crippen LogP contribution in [-0.2, 0) is 4.79 Å². The second-order valence-electron chi connectivity index (χ2n) is 6.39. The van der Waals surface area contributed by atoms with Gasteiger partial charge >= 0.3 is 0 Å². The molecule has 0 fully saturated rings. The number of rotatable bonds is 4.